The fraction of sp³-hybridized carbons (Fsp3) is 0.500. The van der Waals surface area contributed by atoms with Gasteiger partial charge >= 0.3 is 5.97 Å². The van der Waals surface area contributed by atoms with Crippen LogP contribution in [-0.2, 0) is 9.53 Å². The van der Waals surface area contributed by atoms with Gasteiger partial charge in [-0.15, -0.1) is 0 Å². The molecule has 0 heterocycles. The maximum Gasteiger partial charge on any atom is 0.327 e. The minimum atomic E-state index is -0.435. The Morgan fingerprint density at radius 2 is 2.06 bits per heavy atom. The molecule has 1 rings (SSSR count). The number of carbonyl (C=O) groups is 1. The van der Waals surface area contributed by atoms with Crippen LogP contribution in [0.4, 0.5) is 0 Å². The topological polar surface area (TPSA) is 47.6 Å². The van der Waals surface area contributed by atoms with Gasteiger partial charge in [0.15, 0.2) is 0 Å². The van der Waals surface area contributed by atoms with E-state index in [1.807, 2.05) is 38.1 Å². The maximum atomic E-state index is 11.9. The SMILES string of the molecule is CCNC(C(=O)OCC)c1cccc(OCC)c1. The van der Waals surface area contributed by atoms with Crippen LogP contribution in [0.2, 0.25) is 0 Å². The molecular weight excluding hydrogens is 230 g/mol. The number of likely N-dealkylation sites (N-methyl/N-ethyl adjacent to an activating group) is 1. The van der Waals surface area contributed by atoms with Crippen LogP contribution < -0.4 is 10.1 Å². The monoisotopic (exact) mass is 251 g/mol. The molecule has 0 aliphatic carbocycles. The first kappa shape index (κ1) is 14.5. The van der Waals surface area contributed by atoms with Crippen molar-refractivity contribution in [3.05, 3.63) is 29.8 Å². The number of carbonyl (C=O) groups excluding carboxylic acids is 1. The number of ether oxygens (including phenoxy) is 2. The first-order valence-corrected chi connectivity index (χ1v) is 6.35. The van der Waals surface area contributed by atoms with Gasteiger partial charge in [-0.2, -0.15) is 0 Å². The zero-order valence-electron chi connectivity index (χ0n) is 11.2. The molecule has 1 atom stereocenters. The van der Waals surface area contributed by atoms with E-state index in [1.165, 1.54) is 0 Å². The van der Waals surface area contributed by atoms with Gasteiger partial charge in [-0.1, -0.05) is 19.1 Å². The van der Waals surface area contributed by atoms with E-state index in [9.17, 15) is 4.79 Å². The molecule has 0 bridgehead atoms. The minimum Gasteiger partial charge on any atom is -0.494 e. The molecule has 0 fully saturated rings. The summed E-state index contributed by atoms with van der Waals surface area (Å²) in [4.78, 5) is 11.9. The van der Waals surface area contributed by atoms with Crippen LogP contribution in [0.1, 0.15) is 32.4 Å². The van der Waals surface area contributed by atoms with Crippen LogP contribution in [0.5, 0.6) is 5.75 Å². The van der Waals surface area contributed by atoms with Gasteiger partial charge in [0.25, 0.3) is 0 Å². The first-order chi connectivity index (χ1) is 8.72. The number of hydrogen-bond donors (Lipinski definition) is 1. The highest BCUT2D eigenvalue weighted by atomic mass is 16.5. The third-order valence-electron chi connectivity index (χ3n) is 2.43. The van der Waals surface area contributed by atoms with Gasteiger partial charge in [0.2, 0.25) is 0 Å². The van der Waals surface area contributed by atoms with Crippen molar-refractivity contribution in [2.75, 3.05) is 19.8 Å². The molecule has 1 aromatic rings. The van der Waals surface area contributed by atoms with Crippen LogP contribution in [0.15, 0.2) is 24.3 Å². The van der Waals surface area contributed by atoms with Crippen molar-refractivity contribution in [3.8, 4) is 5.75 Å². The van der Waals surface area contributed by atoms with Crippen LogP contribution in [0, 0.1) is 0 Å². The zero-order chi connectivity index (χ0) is 13.4. The minimum absolute atomic E-state index is 0.256. The second kappa shape index (κ2) is 7.71. The quantitative estimate of drug-likeness (QED) is 0.755. The Kier molecular flexibility index (Phi) is 6.22. The molecule has 0 spiro atoms. The van der Waals surface area contributed by atoms with Gasteiger partial charge in [0, 0.05) is 0 Å². The van der Waals surface area contributed by atoms with Crippen LogP contribution in [-0.4, -0.2) is 25.7 Å². The Morgan fingerprint density at radius 1 is 1.28 bits per heavy atom. The number of esters is 1. The predicted molar refractivity (Wildman–Crippen MR) is 70.7 cm³/mol. The van der Waals surface area contributed by atoms with Crippen LogP contribution >= 0.6 is 0 Å². The van der Waals surface area contributed by atoms with Crippen molar-refractivity contribution in [2.24, 2.45) is 0 Å². The van der Waals surface area contributed by atoms with Gasteiger partial charge in [0.05, 0.1) is 13.2 Å². The molecule has 0 aromatic heterocycles. The molecule has 4 nitrogen and oxygen atoms in total. The highest BCUT2D eigenvalue weighted by molar-refractivity contribution is 5.77. The molecular formula is C14H21NO3. The van der Waals surface area contributed by atoms with Crippen LogP contribution in [0.3, 0.4) is 0 Å². The van der Waals surface area contributed by atoms with Gasteiger partial charge in [-0.05, 0) is 38.1 Å². The molecule has 0 aliphatic rings. The van der Waals surface area contributed by atoms with E-state index in [-0.39, 0.29) is 5.97 Å². The van der Waals surface area contributed by atoms with Gasteiger partial charge in [0.1, 0.15) is 11.8 Å². The lowest BCUT2D eigenvalue weighted by molar-refractivity contribution is -0.145. The summed E-state index contributed by atoms with van der Waals surface area (Å²) in [5.74, 6) is 0.509. The van der Waals surface area contributed by atoms with Crippen molar-refractivity contribution in [1.29, 1.82) is 0 Å². The van der Waals surface area contributed by atoms with Crippen molar-refractivity contribution in [2.45, 2.75) is 26.8 Å². The van der Waals surface area contributed by atoms with E-state index >= 15 is 0 Å². The summed E-state index contributed by atoms with van der Waals surface area (Å²) in [5, 5.41) is 3.12. The number of nitrogens with one attached hydrogen (secondary N) is 1. The summed E-state index contributed by atoms with van der Waals surface area (Å²) in [7, 11) is 0. The molecule has 1 N–H and O–H groups in total. The first-order valence-electron chi connectivity index (χ1n) is 6.35. The van der Waals surface area contributed by atoms with E-state index in [0.717, 1.165) is 11.3 Å². The average molecular weight is 251 g/mol. The van der Waals surface area contributed by atoms with E-state index in [1.54, 1.807) is 6.92 Å². The third kappa shape index (κ3) is 4.04. The highest BCUT2D eigenvalue weighted by Gasteiger charge is 2.20. The Labute approximate surface area is 108 Å². The average Bonchev–Trinajstić information content (AvgIpc) is 2.37. The normalized spacial score (nSPS) is 11.9. The summed E-state index contributed by atoms with van der Waals surface area (Å²) in [6.07, 6.45) is 0. The Morgan fingerprint density at radius 3 is 2.67 bits per heavy atom. The molecule has 1 aromatic carbocycles. The number of benzene rings is 1. The van der Waals surface area contributed by atoms with Crippen LogP contribution in [0.25, 0.3) is 0 Å². The van der Waals surface area contributed by atoms with Gasteiger partial charge < -0.3 is 14.8 Å². The summed E-state index contributed by atoms with van der Waals surface area (Å²) < 4.78 is 10.5. The molecule has 0 saturated carbocycles. The predicted octanol–water partition coefficient (Wildman–Crippen LogP) is 2.30. The maximum absolute atomic E-state index is 11.9. The van der Waals surface area contributed by atoms with Crippen molar-refractivity contribution in [3.63, 3.8) is 0 Å². The van der Waals surface area contributed by atoms with E-state index < -0.39 is 6.04 Å². The second-order valence-corrected chi connectivity index (χ2v) is 3.75. The second-order valence-electron chi connectivity index (χ2n) is 3.75. The fourth-order valence-corrected chi connectivity index (χ4v) is 1.72. The van der Waals surface area contributed by atoms with Crippen molar-refractivity contribution >= 4 is 5.97 Å². The lowest BCUT2D eigenvalue weighted by atomic mass is 10.1. The molecule has 1 unspecified atom stereocenters. The van der Waals surface area contributed by atoms with Gasteiger partial charge in [-0.25, -0.2) is 4.79 Å². The molecule has 0 aliphatic heterocycles. The molecule has 0 radical (unpaired) electrons. The van der Waals surface area contributed by atoms with Crippen molar-refractivity contribution in [1.82, 2.24) is 5.32 Å². The highest BCUT2D eigenvalue weighted by Crippen LogP contribution is 2.20. The number of rotatable bonds is 7. The van der Waals surface area contributed by atoms with E-state index in [0.29, 0.717) is 19.8 Å². The summed E-state index contributed by atoms with van der Waals surface area (Å²) >= 11 is 0. The fourth-order valence-electron chi connectivity index (χ4n) is 1.72. The van der Waals surface area contributed by atoms with E-state index in [4.69, 9.17) is 9.47 Å². The van der Waals surface area contributed by atoms with Gasteiger partial charge in [-0.3, -0.25) is 0 Å². The smallest absolute Gasteiger partial charge is 0.327 e. The van der Waals surface area contributed by atoms with E-state index in [2.05, 4.69) is 5.32 Å². The summed E-state index contributed by atoms with van der Waals surface area (Å²) in [6, 6.07) is 7.08. The molecule has 0 saturated heterocycles. The molecule has 100 valence electrons. The third-order valence-corrected chi connectivity index (χ3v) is 2.43. The van der Waals surface area contributed by atoms with Crippen molar-refractivity contribution < 1.29 is 14.3 Å². The summed E-state index contributed by atoms with van der Waals surface area (Å²) in [5.41, 5.74) is 0.862. The Hall–Kier alpha value is -1.55. The Balaban J connectivity index is 2.90. The number of hydrogen-bond acceptors (Lipinski definition) is 4. The largest absolute Gasteiger partial charge is 0.494 e. The Bertz CT molecular complexity index is 379. The molecule has 4 heteroatoms. The summed E-state index contributed by atoms with van der Waals surface area (Å²) in [6.45, 7) is 7.37. The lowest BCUT2D eigenvalue weighted by Gasteiger charge is -2.17. The zero-order valence-corrected chi connectivity index (χ0v) is 11.2. The lowest BCUT2D eigenvalue weighted by Crippen LogP contribution is -2.30. The standard InChI is InChI=1S/C14H21NO3/c1-4-15-13(14(16)18-6-3)11-8-7-9-12(10-11)17-5-2/h7-10,13,15H,4-6H2,1-3H3. The molecule has 18 heavy (non-hydrogen) atoms. The molecule has 0 amide bonds.